The first-order chi connectivity index (χ1) is 10.4. The normalized spacial score (nSPS) is 10.3. The second-order valence-electron chi connectivity index (χ2n) is 4.85. The molecule has 0 saturated carbocycles. The predicted molar refractivity (Wildman–Crippen MR) is 89.9 cm³/mol. The Bertz CT molecular complexity index is 746. The van der Waals surface area contributed by atoms with Crippen LogP contribution in [0, 0.1) is 29.4 Å². The highest BCUT2D eigenvalue weighted by Gasteiger charge is 2.23. The van der Waals surface area contributed by atoms with Crippen LogP contribution in [0.5, 0.6) is 0 Å². The van der Waals surface area contributed by atoms with Gasteiger partial charge < -0.3 is 5.32 Å². The first kappa shape index (κ1) is 16.1. The SMILES string of the molecule is Cc1cccc(CNc2ccc(C)c([N+](=O)[O-])c2C(=N)Br)n1. The van der Waals surface area contributed by atoms with Crippen LogP contribution in [-0.4, -0.2) is 14.5 Å². The third-order valence-corrected chi connectivity index (χ3v) is 3.58. The van der Waals surface area contributed by atoms with Gasteiger partial charge in [0.1, 0.15) is 10.2 Å². The molecule has 0 unspecified atom stereocenters. The van der Waals surface area contributed by atoms with Gasteiger partial charge in [-0.1, -0.05) is 12.1 Å². The molecule has 2 rings (SSSR count). The van der Waals surface area contributed by atoms with E-state index in [0.29, 0.717) is 17.8 Å². The highest BCUT2D eigenvalue weighted by atomic mass is 79.9. The van der Waals surface area contributed by atoms with Crippen molar-refractivity contribution in [1.82, 2.24) is 4.98 Å². The quantitative estimate of drug-likeness (QED) is 0.478. The highest BCUT2D eigenvalue weighted by Crippen LogP contribution is 2.32. The minimum Gasteiger partial charge on any atom is -0.379 e. The zero-order valence-corrected chi connectivity index (χ0v) is 13.8. The lowest BCUT2D eigenvalue weighted by atomic mass is 10.1. The minimum absolute atomic E-state index is 0.0254. The molecule has 1 aromatic carbocycles. The summed E-state index contributed by atoms with van der Waals surface area (Å²) in [5.41, 5.74) is 2.96. The minimum atomic E-state index is -0.462. The summed E-state index contributed by atoms with van der Waals surface area (Å²) >= 11 is 3.05. The molecule has 0 aliphatic rings. The zero-order chi connectivity index (χ0) is 16.3. The van der Waals surface area contributed by atoms with Gasteiger partial charge in [0.15, 0.2) is 0 Å². The number of pyridine rings is 1. The number of nitro benzene ring substituents is 1. The summed E-state index contributed by atoms with van der Waals surface area (Å²) in [7, 11) is 0. The maximum Gasteiger partial charge on any atom is 0.284 e. The third kappa shape index (κ3) is 3.48. The van der Waals surface area contributed by atoms with Crippen LogP contribution in [0.4, 0.5) is 11.4 Å². The van der Waals surface area contributed by atoms with E-state index in [9.17, 15) is 10.1 Å². The number of nitro groups is 1. The zero-order valence-electron chi connectivity index (χ0n) is 12.2. The van der Waals surface area contributed by atoms with Gasteiger partial charge in [-0.05, 0) is 48.0 Å². The lowest BCUT2D eigenvalue weighted by Crippen LogP contribution is -2.09. The number of nitrogens with one attached hydrogen (secondary N) is 2. The van der Waals surface area contributed by atoms with Crippen LogP contribution in [0.1, 0.15) is 22.5 Å². The molecular weight excluding hydrogens is 348 g/mol. The Hall–Kier alpha value is -2.28. The molecule has 0 amide bonds. The van der Waals surface area contributed by atoms with E-state index in [-0.39, 0.29) is 15.9 Å². The first-order valence-corrected chi connectivity index (χ1v) is 7.38. The molecular formula is C15H15BrN4O2. The molecule has 0 fully saturated rings. The van der Waals surface area contributed by atoms with E-state index in [1.165, 1.54) is 0 Å². The van der Waals surface area contributed by atoms with Crippen molar-refractivity contribution in [2.45, 2.75) is 20.4 Å². The molecule has 7 heteroatoms. The predicted octanol–water partition coefficient (Wildman–Crippen LogP) is 3.94. The second-order valence-corrected chi connectivity index (χ2v) is 5.64. The summed E-state index contributed by atoms with van der Waals surface area (Å²) in [5.74, 6) is 0. The average molecular weight is 363 g/mol. The molecule has 1 heterocycles. The van der Waals surface area contributed by atoms with Crippen LogP contribution in [-0.2, 0) is 6.54 Å². The Morgan fingerprint density at radius 3 is 2.68 bits per heavy atom. The van der Waals surface area contributed by atoms with E-state index in [0.717, 1.165) is 11.4 Å². The monoisotopic (exact) mass is 362 g/mol. The van der Waals surface area contributed by atoms with Gasteiger partial charge in [0, 0.05) is 11.3 Å². The number of anilines is 1. The fourth-order valence-electron chi connectivity index (χ4n) is 2.18. The molecule has 0 saturated heterocycles. The van der Waals surface area contributed by atoms with E-state index < -0.39 is 4.92 Å². The fourth-order valence-corrected chi connectivity index (χ4v) is 2.59. The van der Waals surface area contributed by atoms with Crippen LogP contribution < -0.4 is 5.32 Å². The summed E-state index contributed by atoms with van der Waals surface area (Å²) in [6.45, 7) is 3.98. The molecule has 0 spiro atoms. The second kappa shape index (κ2) is 6.65. The standard InChI is InChI=1S/C15H15BrN4O2/c1-9-6-7-12(13(15(16)17)14(9)20(21)22)18-8-11-5-3-4-10(2)19-11/h3-7,17-18H,8H2,1-2H3. The smallest absolute Gasteiger partial charge is 0.284 e. The van der Waals surface area contributed by atoms with Crippen LogP contribution in [0.15, 0.2) is 30.3 Å². The van der Waals surface area contributed by atoms with E-state index in [2.05, 4.69) is 26.2 Å². The van der Waals surface area contributed by atoms with Gasteiger partial charge in [0.2, 0.25) is 0 Å². The summed E-state index contributed by atoms with van der Waals surface area (Å²) in [4.78, 5) is 15.2. The Kier molecular flexibility index (Phi) is 4.87. The summed E-state index contributed by atoms with van der Waals surface area (Å²) < 4.78 is -0.0254. The van der Waals surface area contributed by atoms with Gasteiger partial charge in [0.25, 0.3) is 5.69 Å². The molecule has 0 atom stereocenters. The van der Waals surface area contributed by atoms with E-state index in [1.54, 1.807) is 19.1 Å². The van der Waals surface area contributed by atoms with Crippen molar-refractivity contribution in [3.8, 4) is 0 Å². The molecule has 114 valence electrons. The van der Waals surface area contributed by atoms with Crippen LogP contribution in [0.25, 0.3) is 0 Å². The summed E-state index contributed by atoms with van der Waals surface area (Å²) in [6, 6.07) is 9.10. The van der Waals surface area contributed by atoms with Crippen molar-refractivity contribution in [3.05, 3.63) is 63.0 Å². The van der Waals surface area contributed by atoms with Crippen molar-refractivity contribution < 1.29 is 4.92 Å². The Balaban J connectivity index is 2.37. The number of halogens is 1. The number of nitrogens with zero attached hydrogens (tertiary/aromatic N) is 2. The first-order valence-electron chi connectivity index (χ1n) is 6.59. The number of rotatable bonds is 5. The Labute approximate surface area is 136 Å². The van der Waals surface area contributed by atoms with Gasteiger partial charge >= 0.3 is 0 Å². The number of benzene rings is 1. The van der Waals surface area contributed by atoms with Gasteiger partial charge in [-0.15, -0.1) is 0 Å². The van der Waals surface area contributed by atoms with Gasteiger partial charge in [-0.2, -0.15) is 0 Å². The van der Waals surface area contributed by atoms with Crippen molar-refractivity contribution in [2.75, 3.05) is 5.32 Å². The molecule has 0 bridgehead atoms. The highest BCUT2D eigenvalue weighted by molar-refractivity contribution is 9.18. The van der Waals surface area contributed by atoms with Crippen molar-refractivity contribution >= 4 is 31.9 Å². The molecule has 2 N–H and O–H groups in total. The topological polar surface area (TPSA) is 91.9 Å². The maximum absolute atomic E-state index is 11.3. The van der Waals surface area contributed by atoms with Crippen LogP contribution >= 0.6 is 15.9 Å². The van der Waals surface area contributed by atoms with Crippen molar-refractivity contribution in [2.24, 2.45) is 0 Å². The fraction of sp³-hybridized carbons (Fsp3) is 0.200. The molecule has 1 aromatic heterocycles. The molecule has 0 aliphatic heterocycles. The number of aryl methyl sites for hydroxylation is 2. The van der Waals surface area contributed by atoms with Crippen molar-refractivity contribution in [1.29, 1.82) is 5.41 Å². The third-order valence-electron chi connectivity index (χ3n) is 3.19. The van der Waals surface area contributed by atoms with Gasteiger partial charge in [-0.3, -0.25) is 20.5 Å². The van der Waals surface area contributed by atoms with E-state index in [4.69, 9.17) is 5.41 Å². The maximum atomic E-state index is 11.3. The van der Waals surface area contributed by atoms with Gasteiger partial charge in [0.05, 0.1) is 22.8 Å². The summed E-state index contributed by atoms with van der Waals surface area (Å²) in [5, 5.41) is 22.2. The Morgan fingerprint density at radius 2 is 2.09 bits per heavy atom. The average Bonchev–Trinajstić information content (AvgIpc) is 2.45. The Morgan fingerprint density at radius 1 is 1.36 bits per heavy atom. The molecule has 2 aromatic rings. The number of hydrogen-bond acceptors (Lipinski definition) is 5. The molecule has 22 heavy (non-hydrogen) atoms. The summed E-state index contributed by atoms with van der Waals surface area (Å²) in [6.07, 6.45) is 0. The van der Waals surface area contributed by atoms with E-state index in [1.807, 2.05) is 25.1 Å². The lowest BCUT2D eigenvalue weighted by molar-refractivity contribution is -0.385. The molecule has 0 radical (unpaired) electrons. The lowest BCUT2D eigenvalue weighted by Gasteiger charge is -2.12. The van der Waals surface area contributed by atoms with Gasteiger partial charge in [-0.25, -0.2) is 0 Å². The van der Waals surface area contributed by atoms with Crippen LogP contribution in [0.2, 0.25) is 0 Å². The molecule has 6 nitrogen and oxygen atoms in total. The number of hydrogen-bond donors (Lipinski definition) is 2. The number of aromatic nitrogens is 1. The molecule has 0 aliphatic carbocycles. The van der Waals surface area contributed by atoms with E-state index >= 15 is 0 Å². The van der Waals surface area contributed by atoms with Crippen molar-refractivity contribution in [3.63, 3.8) is 0 Å². The van der Waals surface area contributed by atoms with Crippen LogP contribution in [0.3, 0.4) is 0 Å². The largest absolute Gasteiger partial charge is 0.379 e.